The first-order valence-corrected chi connectivity index (χ1v) is 10.1. The maximum atomic E-state index is 12.9. The molecule has 0 spiro atoms. The smallest absolute Gasteiger partial charge is 0.327 e. The van der Waals surface area contributed by atoms with E-state index in [0.29, 0.717) is 13.1 Å². The molecule has 0 radical (unpaired) electrons. The lowest BCUT2D eigenvalue weighted by Crippen LogP contribution is -2.28. The molecule has 0 aliphatic carbocycles. The van der Waals surface area contributed by atoms with Gasteiger partial charge < -0.3 is 9.88 Å². The van der Waals surface area contributed by atoms with Gasteiger partial charge in [-0.15, -0.1) is 0 Å². The number of hydrogen-bond donors (Lipinski definition) is 1. The van der Waals surface area contributed by atoms with Gasteiger partial charge in [0.2, 0.25) is 5.91 Å². The van der Waals surface area contributed by atoms with Gasteiger partial charge >= 0.3 is 6.18 Å². The molecule has 0 saturated carbocycles. The van der Waals surface area contributed by atoms with Gasteiger partial charge in [-0.2, -0.15) is 17.5 Å². The molecular weight excluding hydrogens is 421 g/mol. The van der Waals surface area contributed by atoms with E-state index in [1.807, 2.05) is 0 Å². The zero-order valence-corrected chi connectivity index (χ0v) is 16.0. The molecule has 1 saturated heterocycles. The van der Waals surface area contributed by atoms with Crippen LogP contribution in [0.2, 0.25) is 5.02 Å². The Labute approximate surface area is 164 Å². The summed E-state index contributed by atoms with van der Waals surface area (Å²) in [6.07, 6.45) is -0.685. The Balaban J connectivity index is 1.69. The molecule has 1 amide bonds. The van der Waals surface area contributed by atoms with E-state index in [-0.39, 0.29) is 17.3 Å². The Kier molecular flexibility index (Phi) is 5.69. The summed E-state index contributed by atoms with van der Waals surface area (Å²) < 4.78 is 66.1. The van der Waals surface area contributed by atoms with Crippen LogP contribution in [0.25, 0.3) is 0 Å². The van der Waals surface area contributed by atoms with Crippen molar-refractivity contribution in [1.29, 1.82) is 0 Å². The van der Waals surface area contributed by atoms with Gasteiger partial charge in [0.1, 0.15) is 6.54 Å². The highest BCUT2D eigenvalue weighted by molar-refractivity contribution is 7.89. The van der Waals surface area contributed by atoms with Crippen molar-refractivity contribution >= 4 is 33.2 Å². The molecule has 1 aliphatic heterocycles. The molecule has 28 heavy (non-hydrogen) atoms. The van der Waals surface area contributed by atoms with E-state index >= 15 is 0 Å². The number of amides is 1. The largest absolute Gasteiger partial charge is 0.417 e. The quantitative estimate of drug-likeness (QED) is 0.781. The second kappa shape index (κ2) is 7.72. The number of benzene rings is 1. The predicted octanol–water partition coefficient (Wildman–Crippen LogP) is 2.98. The molecule has 2 heterocycles. The molecule has 3 rings (SSSR count). The third kappa shape index (κ3) is 4.47. The van der Waals surface area contributed by atoms with E-state index in [2.05, 4.69) is 10.3 Å². The van der Waals surface area contributed by atoms with Crippen LogP contribution in [-0.4, -0.2) is 41.3 Å². The summed E-state index contributed by atoms with van der Waals surface area (Å²) in [4.78, 5) is 15.9. The highest BCUT2D eigenvalue weighted by Crippen LogP contribution is 2.36. The normalized spacial score (nSPS) is 15.7. The average molecular weight is 437 g/mol. The lowest BCUT2D eigenvalue weighted by molar-refractivity contribution is -0.137. The van der Waals surface area contributed by atoms with Gasteiger partial charge in [-0.25, -0.2) is 13.4 Å². The average Bonchev–Trinajstić information content (AvgIpc) is 3.27. The molecule has 152 valence electrons. The van der Waals surface area contributed by atoms with Gasteiger partial charge in [0.05, 0.1) is 16.9 Å². The number of alkyl halides is 3. The second-order valence-corrected chi connectivity index (χ2v) is 8.53. The molecule has 1 aromatic carbocycles. The molecule has 12 heteroatoms. The van der Waals surface area contributed by atoms with Crippen molar-refractivity contribution in [3.8, 4) is 0 Å². The molecule has 1 aromatic heterocycles. The molecule has 0 bridgehead atoms. The van der Waals surface area contributed by atoms with E-state index < -0.39 is 32.7 Å². The van der Waals surface area contributed by atoms with Crippen LogP contribution in [0.4, 0.5) is 18.9 Å². The minimum absolute atomic E-state index is 0.0771. The summed E-state index contributed by atoms with van der Waals surface area (Å²) >= 11 is 5.54. The number of imidazole rings is 1. The summed E-state index contributed by atoms with van der Waals surface area (Å²) in [7, 11) is -3.71. The summed E-state index contributed by atoms with van der Waals surface area (Å²) in [5.41, 5.74) is -1.14. The Morgan fingerprint density at radius 2 is 1.93 bits per heavy atom. The third-order valence-corrected chi connectivity index (χ3v) is 6.27. The molecule has 7 nitrogen and oxygen atoms in total. The molecule has 2 aromatic rings. The van der Waals surface area contributed by atoms with Crippen LogP contribution in [-0.2, 0) is 27.5 Å². The fourth-order valence-electron chi connectivity index (χ4n) is 2.81. The Bertz CT molecular complexity index is 985. The van der Waals surface area contributed by atoms with Gasteiger partial charge in [-0.1, -0.05) is 11.6 Å². The van der Waals surface area contributed by atoms with E-state index in [0.717, 1.165) is 25.0 Å². The fraction of sp³-hybridized carbons (Fsp3) is 0.375. The minimum atomic E-state index is -4.65. The lowest BCUT2D eigenvalue weighted by atomic mass is 10.2. The van der Waals surface area contributed by atoms with Gasteiger partial charge in [0, 0.05) is 25.0 Å². The fourth-order valence-corrected chi connectivity index (χ4v) is 4.48. The van der Waals surface area contributed by atoms with Crippen LogP contribution in [0, 0.1) is 0 Å². The SMILES string of the molecule is O=C(Cn1cnc(S(=O)(=O)N2CCCC2)c1)Nc1ccc(Cl)c(C(F)(F)F)c1. The molecule has 1 aliphatic rings. The number of rotatable bonds is 5. The summed E-state index contributed by atoms with van der Waals surface area (Å²) in [5.74, 6) is -0.641. The predicted molar refractivity (Wildman–Crippen MR) is 95.3 cm³/mol. The molecule has 1 N–H and O–H groups in total. The van der Waals surface area contributed by atoms with Gasteiger partial charge in [-0.3, -0.25) is 4.79 Å². The van der Waals surface area contributed by atoms with Crippen LogP contribution in [0.5, 0.6) is 0 Å². The molecule has 1 fully saturated rings. The first kappa shape index (κ1) is 20.6. The summed E-state index contributed by atoms with van der Waals surface area (Å²) in [6, 6.07) is 3.02. The Morgan fingerprint density at radius 3 is 2.57 bits per heavy atom. The van der Waals surface area contributed by atoms with Crippen LogP contribution < -0.4 is 5.32 Å². The molecule has 0 atom stereocenters. The zero-order valence-electron chi connectivity index (χ0n) is 14.4. The van der Waals surface area contributed by atoms with Crippen LogP contribution >= 0.6 is 11.6 Å². The number of nitrogens with zero attached hydrogens (tertiary/aromatic N) is 3. The maximum Gasteiger partial charge on any atom is 0.417 e. The second-order valence-electron chi connectivity index (χ2n) is 6.24. The number of halogens is 4. The van der Waals surface area contributed by atoms with Crippen molar-refractivity contribution in [3.05, 3.63) is 41.3 Å². The molecular formula is C16H16ClF3N4O3S. The standard InChI is InChI=1S/C16H16ClF3N4O3S/c17-13-4-3-11(7-12(13)16(18,19)20)22-14(25)8-23-9-15(21-10-23)28(26,27)24-5-1-2-6-24/h3-4,7,9-10H,1-2,5-6,8H2,(H,22,25). The first-order valence-electron chi connectivity index (χ1n) is 8.26. The number of carbonyl (C=O) groups excluding carboxylic acids is 1. The highest BCUT2D eigenvalue weighted by Gasteiger charge is 2.33. The maximum absolute atomic E-state index is 12.9. The van der Waals surface area contributed by atoms with Crippen molar-refractivity contribution in [2.75, 3.05) is 18.4 Å². The van der Waals surface area contributed by atoms with Crippen molar-refractivity contribution in [1.82, 2.24) is 13.9 Å². The van der Waals surface area contributed by atoms with Gasteiger partial charge in [0.15, 0.2) is 5.03 Å². The summed E-state index contributed by atoms with van der Waals surface area (Å²) in [6.45, 7) is 0.536. The number of aromatic nitrogens is 2. The van der Waals surface area contributed by atoms with Gasteiger partial charge in [-0.05, 0) is 31.0 Å². The van der Waals surface area contributed by atoms with Crippen molar-refractivity contribution in [2.45, 2.75) is 30.6 Å². The van der Waals surface area contributed by atoms with E-state index in [9.17, 15) is 26.4 Å². The zero-order chi connectivity index (χ0) is 20.5. The van der Waals surface area contributed by atoms with Crippen molar-refractivity contribution in [3.63, 3.8) is 0 Å². The van der Waals surface area contributed by atoms with Crippen LogP contribution in [0.15, 0.2) is 35.7 Å². The van der Waals surface area contributed by atoms with Gasteiger partial charge in [0.25, 0.3) is 10.0 Å². The van der Waals surface area contributed by atoms with E-state index in [1.165, 1.54) is 27.5 Å². The Morgan fingerprint density at radius 1 is 1.25 bits per heavy atom. The van der Waals surface area contributed by atoms with E-state index in [4.69, 9.17) is 11.6 Å². The van der Waals surface area contributed by atoms with Crippen molar-refractivity contribution in [2.24, 2.45) is 0 Å². The van der Waals surface area contributed by atoms with E-state index in [1.54, 1.807) is 0 Å². The van der Waals surface area contributed by atoms with Crippen molar-refractivity contribution < 1.29 is 26.4 Å². The molecule has 0 unspecified atom stereocenters. The topological polar surface area (TPSA) is 84.3 Å². The number of sulfonamides is 1. The Hall–Kier alpha value is -2.11. The number of hydrogen-bond acceptors (Lipinski definition) is 4. The first-order chi connectivity index (χ1) is 13.1. The number of carbonyl (C=O) groups is 1. The highest BCUT2D eigenvalue weighted by atomic mass is 35.5. The number of nitrogens with one attached hydrogen (secondary N) is 1. The number of anilines is 1. The third-order valence-electron chi connectivity index (χ3n) is 4.16. The minimum Gasteiger partial charge on any atom is -0.327 e. The monoisotopic (exact) mass is 436 g/mol. The summed E-state index contributed by atoms with van der Waals surface area (Å²) in [5, 5.41) is 1.68. The lowest BCUT2D eigenvalue weighted by Gasteiger charge is -2.13. The van der Waals surface area contributed by atoms with Crippen LogP contribution in [0.1, 0.15) is 18.4 Å². The van der Waals surface area contributed by atoms with Crippen LogP contribution in [0.3, 0.4) is 0 Å².